The van der Waals surface area contributed by atoms with Crippen LogP contribution in [0.4, 0.5) is 0 Å². The molecule has 1 aromatic carbocycles. The molecule has 0 bridgehead atoms. The monoisotopic (exact) mass is 291 g/mol. The SMILES string of the molecule is COc1cccc(C)c1C(=O)NC1(CO)CCCCCC1. The van der Waals surface area contributed by atoms with Gasteiger partial charge >= 0.3 is 0 Å². The van der Waals surface area contributed by atoms with E-state index in [1.165, 1.54) is 12.8 Å². The number of aliphatic hydroxyl groups excluding tert-OH is 1. The molecule has 116 valence electrons. The molecule has 0 atom stereocenters. The first-order valence-electron chi connectivity index (χ1n) is 7.69. The molecule has 1 aliphatic rings. The van der Waals surface area contributed by atoms with Crippen molar-refractivity contribution in [3.8, 4) is 5.75 Å². The fraction of sp³-hybridized carbons (Fsp3) is 0.588. The minimum Gasteiger partial charge on any atom is -0.496 e. The van der Waals surface area contributed by atoms with E-state index in [2.05, 4.69) is 5.32 Å². The minimum absolute atomic E-state index is 0.00701. The number of nitrogens with one attached hydrogen (secondary N) is 1. The molecule has 0 radical (unpaired) electrons. The number of aliphatic hydroxyl groups is 1. The number of ether oxygens (including phenoxy) is 1. The number of hydrogen-bond acceptors (Lipinski definition) is 3. The standard InChI is InChI=1S/C17H25NO3/c1-13-8-7-9-14(21-2)15(13)16(20)18-17(12-19)10-5-3-4-6-11-17/h7-9,19H,3-6,10-12H2,1-2H3,(H,18,20). The summed E-state index contributed by atoms with van der Waals surface area (Å²) >= 11 is 0. The highest BCUT2D eigenvalue weighted by atomic mass is 16.5. The van der Waals surface area contributed by atoms with Gasteiger partial charge in [0, 0.05) is 0 Å². The van der Waals surface area contributed by atoms with Crippen molar-refractivity contribution in [3.05, 3.63) is 29.3 Å². The highest BCUT2D eigenvalue weighted by molar-refractivity contribution is 5.98. The van der Waals surface area contributed by atoms with Crippen molar-refractivity contribution in [2.75, 3.05) is 13.7 Å². The first-order valence-corrected chi connectivity index (χ1v) is 7.69. The Balaban J connectivity index is 2.23. The second-order valence-corrected chi connectivity index (χ2v) is 5.96. The molecular weight excluding hydrogens is 266 g/mol. The fourth-order valence-corrected chi connectivity index (χ4v) is 3.13. The van der Waals surface area contributed by atoms with Crippen molar-refractivity contribution in [1.82, 2.24) is 5.32 Å². The van der Waals surface area contributed by atoms with Crippen molar-refractivity contribution >= 4 is 5.91 Å². The van der Waals surface area contributed by atoms with Gasteiger partial charge in [-0.1, -0.05) is 37.8 Å². The van der Waals surface area contributed by atoms with Crippen LogP contribution in [0, 0.1) is 6.92 Å². The van der Waals surface area contributed by atoms with Crippen molar-refractivity contribution in [2.24, 2.45) is 0 Å². The van der Waals surface area contributed by atoms with Gasteiger partial charge in [-0.05, 0) is 31.4 Å². The summed E-state index contributed by atoms with van der Waals surface area (Å²) in [5, 5.41) is 12.9. The van der Waals surface area contributed by atoms with E-state index < -0.39 is 5.54 Å². The third kappa shape index (κ3) is 3.56. The average Bonchev–Trinajstić information content (AvgIpc) is 2.72. The van der Waals surface area contributed by atoms with Crippen LogP contribution in [0.2, 0.25) is 0 Å². The van der Waals surface area contributed by atoms with Gasteiger partial charge in [0.15, 0.2) is 0 Å². The van der Waals surface area contributed by atoms with Crippen LogP contribution in [0.3, 0.4) is 0 Å². The third-order valence-electron chi connectivity index (χ3n) is 4.42. The Bertz CT molecular complexity index is 491. The summed E-state index contributed by atoms with van der Waals surface area (Å²) in [5.41, 5.74) is 0.964. The molecule has 2 rings (SSSR count). The second kappa shape index (κ2) is 6.94. The molecule has 1 amide bonds. The predicted molar refractivity (Wildman–Crippen MR) is 82.7 cm³/mol. The van der Waals surface area contributed by atoms with Crippen LogP contribution >= 0.6 is 0 Å². The molecule has 4 nitrogen and oxygen atoms in total. The molecule has 1 saturated carbocycles. The Morgan fingerprint density at radius 2 is 1.95 bits per heavy atom. The first kappa shape index (κ1) is 15.8. The highest BCUT2D eigenvalue weighted by Gasteiger charge is 2.33. The predicted octanol–water partition coefficient (Wildman–Crippen LogP) is 2.82. The van der Waals surface area contributed by atoms with E-state index in [0.29, 0.717) is 11.3 Å². The largest absolute Gasteiger partial charge is 0.496 e. The van der Waals surface area contributed by atoms with E-state index in [-0.39, 0.29) is 12.5 Å². The number of aryl methyl sites for hydroxylation is 1. The van der Waals surface area contributed by atoms with Gasteiger partial charge in [-0.3, -0.25) is 4.79 Å². The quantitative estimate of drug-likeness (QED) is 0.839. The van der Waals surface area contributed by atoms with E-state index in [9.17, 15) is 9.90 Å². The van der Waals surface area contributed by atoms with E-state index >= 15 is 0 Å². The summed E-state index contributed by atoms with van der Waals surface area (Å²) in [6.07, 6.45) is 6.11. The molecule has 0 saturated heterocycles. The maximum absolute atomic E-state index is 12.7. The van der Waals surface area contributed by atoms with Gasteiger partial charge < -0.3 is 15.2 Å². The van der Waals surface area contributed by atoms with Crippen LogP contribution < -0.4 is 10.1 Å². The lowest BCUT2D eigenvalue weighted by Gasteiger charge is -2.32. The van der Waals surface area contributed by atoms with E-state index in [1.54, 1.807) is 13.2 Å². The summed E-state index contributed by atoms with van der Waals surface area (Å²) in [6, 6.07) is 5.56. The summed E-state index contributed by atoms with van der Waals surface area (Å²) in [6.45, 7) is 1.89. The molecule has 21 heavy (non-hydrogen) atoms. The Morgan fingerprint density at radius 3 is 2.52 bits per heavy atom. The number of carbonyl (C=O) groups is 1. The van der Waals surface area contributed by atoms with Crippen molar-refractivity contribution in [1.29, 1.82) is 0 Å². The lowest BCUT2D eigenvalue weighted by atomic mass is 9.90. The molecule has 1 fully saturated rings. The number of amides is 1. The van der Waals surface area contributed by atoms with Crippen LogP contribution in [0.15, 0.2) is 18.2 Å². The zero-order valence-corrected chi connectivity index (χ0v) is 12.9. The molecule has 0 spiro atoms. The molecule has 0 aromatic heterocycles. The maximum atomic E-state index is 12.7. The zero-order valence-electron chi connectivity index (χ0n) is 12.9. The minimum atomic E-state index is -0.485. The van der Waals surface area contributed by atoms with Gasteiger partial charge in [-0.25, -0.2) is 0 Å². The smallest absolute Gasteiger partial charge is 0.255 e. The summed E-state index contributed by atoms with van der Waals surface area (Å²) in [4.78, 5) is 12.7. The number of rotatable bonds is 4. The maximum Gasteiger partial charge on any atom is 0.255 e. The normalized spacial score (nSPS) is 17.9. The van der Waals surface area contributed by atoms with Gasteiger partial charge in [-0.2, -0.15) is 0 Å². The molecule has 0 heterocycles. The van der Waals surface area contributed by atoms with Gasteiger partial charge in [0.05, 0.1) is 24.8 Å². The highest BCUT2D eigenvalue weighted by Crippen LogP contribution is 2.29. The van der Waals surface area contributed by atoms with E-state index in [0.717, 1.165) is 31.2 Å². The molecule has 0 aliphatic heterocycles. The van der Waals surface area contributed by atoms with Crippen LogP contribution in [-0.2, 0) is 0 Å². The van der Waals surface area contributed by atoms with Crippen molar-refractivity contribution in [2.45, 2.75) is 51.0 Å². The second-order valence-electron chi connectivity index (χ2n) is 5.96. The van der Waals surface area contributed by atoms with Gasteiger partial charge in [0.1, 0.15) is 5.75 Å². The summed E-state index contributed by atoms with van der Waals surface area (Å²) in [7, 11) is 1.57. The molecular formula is C17H25NO3. The Labute approximate surface area is 126 Å². The number of hydrogen-bond donors (Lipinski definition) is 2. The van der Waals surface area contributed by atoms with Crippen molar-refractivity contribution in [3.63, 3.8) is 0 Å². The summed E-state index contributed by atoms with van der Waals surface area (Å²) < 4.78 is 5.30. The average molecular weight is 291 g/mol. The molecule has 0 unspecified atom stereocenters. The Kier molecular flexibility index (Phi) is 5.23. The van der Waals surface area contributed by atoms with Crippen molar-refractivity contribution < 1.29 is 14.6 Å². The van der Waals surface area contributed by atoms with Gasteiger partial charge in [-0.15, -0.1) is 0 Å². The van der Waals surface area contributed by atoms with Crippen LogP contribution in [0.5, 0.6) is 5.75 Å². The lowest BCUT2D eigenvalue weighted by Crippen LogP contribution is -2.51. The number of carbonyl (C=O) groups excluding carboxylic acids is 1. The van der Waals surface area contributed by atoms with Crippen LogP contribution in [-0.4, -0.2) is 30.3 Å². The van der Waals surface area contributed by atoms with E-state index in [1.807, 2.05) is 19.1 Å². The number of methoxy groups -OCH3 is 1. The number of benzene rings is 1. The lowest BCUT2D eigenvalue weighted by molar-refractivity contribution is 0.0802. The van der Waals surface area contributed by atoms with Crippen LogP contribution in [0.1, 0.15) is 54.4 Å². The first-order chi connectivity index (χ1) is 10.1. The summed E-state index contributed by atoms with van der Waals surface area (Å²) in [5.74, 6) is 0.426. The third-order valence-corrected chi connectivity index (χ3v) is 4.42. The Morgan fingerprint density at radius 1 is 1.29 bits per heavy atom. The van der Waals surface area contributed by atoms with Gasteiger partial charge in [0.2, 0.25) is 0 Å². The van der Waals surface area contributed by atoms with E-state index in [4.69, 9.17) is 4.74 Å². The molecule has 2 N–H and O–H groups in total. The molecule has 1 aliphatic carbocycles. The fourth-order valence-electron chi connectivity index (χ4n) is 3.13. The Hall–Kier alpha value is -1.55. The van der Waals surface area contributed by atoms with Gasteiger partial charge in [0.25, 0.3) is 5.91 Å². The topological polar surface area (TPSA) is 58.6 Å². The molecule has 1 aromatic rings. The van der Waals surface area contributed by atoms with Crippen LogP contribution in [0.25, 0.3) is 0 Å². The zero-order chi connectivity index (χ0) is 15.3. The molecule has 4 heteroatoms.